The fraction of sp³-hybridized carbons (Fsp3) is 0.300. The maximum Gasteiger partial charge on any atom is 0.416 e. The van der Waals surface area contributed by atoms with Gasteiger partial charge in [0, 0.05) is 31.7 Å². The van der Waals surface area contributed by atoms with E-state index >= 15 is 0 Å². The number of halogens is 3. The summed E-state index contributed by atoms with van der Waals surface area (Å²) in [5, 5.41) is 2.55. The monoisotopic (exact) mass is 455 g/mol. The van der Waals surface area contributed by atoms with Crippen LogP contribution in [0.15, 0.2) is 59.5 Å². The second-order valence-corrected chi connectivity index (χ2v) is 8.72. The topological polar surface area (TPSA) is 95.6 Å². The molecule has 0 bridgehead atoms. The third kappa shape index (κ3) is 5.61. The average Bonchev–Trinajstić information content (AvgIpc) is 3.13. The van der Waals surface area contributed by atoms with E-state index in [0.717, 1.165) is 17.0 Å². The Morgan fingerprint density at radius 3 is 2.45 bits per heavy atom. The zero-order valence-electron chi connectivity index (χ0n) is 16.2. The largest absolute Gasteiger partial charge is 0.416 e. The fourth-order valence-electron chi connectivity index (χ4n) is 3.18. The van der Waals surface area contributed by atoms with Gasteiger partial charge in [-0.3, -0.25) is 9.59 Å². The van der Waals surface area contributed by atoms with Crippen molar-refractivity contribution in [3.8, 4) is 0 Å². The Hall–Kier alpha value is -2.92. The summed E-state index contributed by atoms with van der Waals surface area (Å²) < 4.78 is 65.3. The van der Waals surface area contributed by atoms with Crippen molar-refractivity contribution in [1.82, 2.24) is 10.0 Å². The highest BCUT2D eigenvalue weighted by atomic mass is 32.2. The number of hydrogen-bond acceptors (Lipinski definition) is 4. The van der Waals surface area contributed by atoms with E-state index in [-0.39, 0.29) is 36.6 Å². The maximum absolute atomic E-state index is 12.9. The number of rotatable bonds is 7. The summed E-state index contributed by atoms with van der Waals surface area (Å²) in [7, 11) is -3.70. The van der Waals surface area contributed by atoms with Crippen LogP contribution in [0.3, 0.4) is 0 Å². The van der Waals surface area contributed by atoms with Crippen molar-refractivity contribution < 1.29 is 31.2 Å². The van der Waals surface area contributed by atoms with E-state index in [1.165, 1.54) is 24.3 Å². The van der Waals surface area contributed by atoms with Gasteiger partial charge in [-0.25, -0.2) is 13.1 Å². The number of carbonyl (C=O) groups excluding carboxylic acids is 2. The molecule has 0 spiro atoms. The molecule has 2 N–H and O–H groups in total. The number of amides is 2. The van der Waals surface area contributed by atoms with Crippen molar-refractivity contribution in [3.63, 3.8) is 0 Å². The van der Waals surface area contributed by atoms with Gasteiger partial charge in [-0.1, -0.05) is 24.3 Å². The third-order valence-corrected chi connectivity index (χ3v) is 6.23. The van der Waals surface area contributed by atoms with E-state index in [1.54, 1.807) is 18.2 Å². The SMILES string of the molecule is O=C(NCCNS(=O)(=O)c1ccccc1)[C@H]1CC(=O)N(c2cccc(C(F)(F)F)c2)C1. The van der Waals surface area contributed by atoms with E-state index in [4.69, 9.17) is 0 Å². The van der Waals surface area contributed by atoms with Crippen LogP contribution in [0, 0.1) is 5.92 Å². The van der Waals surface area contributed by atoms with E-state index in [1.807, 2.05) is 0 Å². The van der Waals surface area contributed by atoms with Crippen LogP contribution in [0.25, 0.3) is 0 Å². The number of alkyl halides is 3. The third-order valence-electron chi connectivity index (χ3n) is 4.75. The Labute approximate surface area is 177 Å². The van der Waals surface area contributed by atoms with Gasteiger partial charge in [0.15, 0.2) is 0 Å². The van der Waals surface area contributed by atoms with Gasteiger partial charge in [0.2, 0.25) is 21.8 Å². The van der Waals surface area contributed by atoms with Gasteiger partial charge in [0.25, 0.3) is 0 Å². The first-order chi connectivity index (χ1) is 14.6. The summed E-state index contributed by atoms with van der Waals surface area (Å²) in [6, 6.07) is 12.1. The Morgan fingerprint density at radius 1 is 1.06 bits per heavy atom. The minimum Gasteiger partial charge on any atom is -0.354 e. The molecule has 2 aromatic carbocycles. The van der Waals surface area contributed by atoms with Crippen molar-refractivity contribution in [1.29, 1.82) is 0 Å². The molecular formula is C20H20F3N3O4S. The molecule has 3 rings (SSSR count). The number of hydrogen-bond donors (Lipinski definition) is 2. The number of carbonyl (C=O) groups is 2. The molecule has 0 radical (unpaired) electrons. The van der Waals surface area contributed by atoms with Gasteiger partial charge in [-0.2, -0.15) is 13.2 Å². The molecule has 2 amide bonds. The highest BCUT2D eigenvalue weighted by molar-refractivity contribution is 7.89. The normalized spacial score (nSPS) is 17.1. The Kier molecular flexibility index (Phi) is 6.65. The molecule has 1 fully saturated rings. The van der Waals surface area contributed by atoms with Crippen LogP contribution in [-0.2, 0) is 25.8 Å². The molecule has 1 aliphatic rings. The molecule has 0 saturated carbocycles. The molecule has 7 nitrogen and oxygen atoms in total. The first-order valence-electron chi connectivity index (χ1n) is 9.38. The zero-order valence-corrected chi connectivity index (χ0v) is 17.0. The summed E-state index contributed by atoms with van der Waals surface area (Å²) in [5.41, 5.74) is -0.804. The number of anilines is 1. The van der Waals surface area contributed by atoms with Crippen LogP contribution in [-0.4, -0.2) is 39.9 Å². The molecule has 1 saturated heterocycles. The molecule has 0 unspecified atom stereocenters. The molecule has 2 aromatic rings. The standard InChI is InChI=1S/C20H20F3N3O4S/c21-20(22,23)15-5-4-6-16(12-15)26-13-14(11-18(26)27)19(28)24-9-10-25-31(29,30)17-7-2-1-3-8-17/h1-8,12,14,25H,9-11,13H2,(H,24,28)/t14-/m0/s1. The minimum atomic E-state index is -4.54. The lowest BCUT2D eigenvalue weighted by Gasteiger charge is -2.18. The summed E-state index contributed by atoms with van der Waals surface area (Å²) in [5.74, 6) is -1.67. The molecule has 11 heteroatoms. The fourth-order valence-corrected chi connectivity index (χ4v) is 4.23. The number of benzene rings is 2. The summed E-state index contributed by atoms with van der Waals surface area (Å²) >= 11 is 0. The maximum atomic E-state index is 12.9. The first-order valence-corrected chi connectivity index (χ1v) is 10.9. The van der Waals surface area contributed by atoms with Gasteiger partial charge in [0.1, 0.15) is 0 Å². The highest BCUT2D eigenvalue weighted by Crippen LogP contribution is 2.33. The van der Waals surface area contributed by atoms with Crippen LogP contribution >= 0.6 is 0 Å². The Morgan fingerprint density at radius 2 is 1.77 bits per heavy atom. The molecule has 0 aromatic heterocycles. The van der Waals surface area contributed by atoms with Crippen LogP contribution in [0.2, 0.25) is 0 Å². The van der Waals surface area contributed by atoms with E-state index < -0.39 is 39.5 Å². The van der Waals surface area contributed by atoms with E-state index in [2.05, 4.69) is 10.0 Å². The van der Waals surface area contributed by atoms with Crippen LogP contribution in [0.5, 0.6) is 0 Å². The summed E-state index contributed by atoms with van der Waals surface area (Å²) in [6.45, 7) is -0.109. The highest BCUT2D eigenvalue weighted by Gasteiger charge is 2.36. The van der Waals surface area contributed by atoms with Gasteiger partial charge in [-0.05, 0) is 30.3 Å². The predicted octanol–water partition coefficient (Wildman–Crippen LogP) is 2.15. The lowest BCUT2D eigenvalue weighted by atomic mass is 10.1. The minimum absolute atomic E-state index is 0.000847. The molecular weight excluding hydrogens is 435 g/mol. The smallest absolute Gasteiger partial charge is 0.354 e. The van der Waals surface area contributed by atoms with Gasteiger partial charge >= 0.3 is 6.18 Å². The van der Waals surface area contributed by atoms with Crippen LogP contribution < -0.4 is 14.9 Å². The quantitative estimate of drug-likeness (QED) is 0.626. The van der Waals surface area contributed by atoms with Crippen molar-refractivity contribution >= 4 is 27.5 Å². The number of nitrogens with zero attached hydrogens (tertiary/aromatic N) is 1. The van der Waals surface area contributed by atoms with Gasteiger partial charge in [-0.15, -0.1) is 0 Å². The van der Waals surface area contributed by atoms with Crippen molar-refractivity contribution in [2.75, 3.05) is 24.5 Å². The summed E-state index contributed by atoms with van der Waals surface area (Å²) in [4.78, 5) is 25.8. The molecule has 0 aliphatic carbocycles. The van der Waals surface area contributed by atoms with Gasteiger partial charge < -0.3 is 10.2 Å². The molecule has 1 atom stereocenters. The van der Waals surface area contributed by atoms with E-state index in [9.17, 15) is 31.2 Å². The van der Waals surface area contributed by atoms with Gasteiger partial charge in [0.05, 0.1) is 16.4 Å². The summed E-state index contributed by atoms with van der Waals surface area (Å²) in [6.07, 6.45) is -4.68. The Balaban J connectivity index is 1.53. The van der Waals surface area contributed by atoms with Crippen molar-refractivity contribution in [2.24, 2.45) is 5.92 Å². The predicted molar refractivity (Wildman–Crippen MR) is 107 cm³/mol. The average molecular weight is 455 g/mol. The van der Waals surface area contributed by atoms with Crippen molar-refractivity contribution in [3.05, 3.63) is 60.2 Å². The second kappa shape index (κ2) is 9.06. The lowest BCUT2D eigenvalue weighted by molar-refractivity contribution is -0.137. The second-order valence-electron chi connectivity index (χ2n) is 6.96. The first kappa shape index (κ1) is 22.8. The molecule has 31 heavy (non-hydrogen) atoms. The lowest BCUT2D eigenvalue weighted by Crippen LogP contribution is -2.38. The molecule has 1 aliphatic heterocycles. The van der Waals surface area contributed by atoms with E-state index in [0.29, 0.717) is 0 Å². The Bertz CT molecular complexity index is 1060. The number of nitrogens with one attached hydrogen (secondary N) is 2. The van der Waals surface area contributed by atoms with Crippen LogP contribution in [0.4, 0.5) is 18.9 Å². The molecule has 166 valence electrons. The zero-order chi connectivity index (χ0) is 22.6. The number of sulfonamides is 1. The molecule has 1 heterocycles. The van der Waals surface area contributed by atoms with Crippen LogP contribution in [0.1, 0.15) is 12.0 Å². The van der Waals surface area contributed by atoms with Crippen molar-refractivity contribution in [2.45, 2.75) is 17.5 Å².